The van der Waals surface area contributed by atoms with Crippen molar-refractivity contribution >= 4 is 44.9 Å². The van der Waals surface area contributed by atoms with Crippen LogP contribution in [0.5, 0.6) is 5.75 Å². The van der Waals surface area contributed by atoms with Gasteiger partial charge in [-0.3, -0.25) is 4.79 Å². The third-order valence-electron chi connectivity index (χ3n) is 3.73. The van der Waals surface area contributed by atoms with Crippen LogP contribution in [0.25, 0.3) is 6.08 Å². The molecule has 1 amide bonds. The standard InChI is InChI=1S/C21H16BrN3O2S/c1-14-24-17(13-28-14)12-27-18-8-6-15(7-9-18)10-16(11-23)21(26)25-20-5-3-2-4-19(20)22/h2-10,13H,12H2,1H3,(H,25,26)/b16-10-. The minimum atomic E-state index is -0.464. The first-order chi connectivity index (χ1) is 13.5. The summed E-state index contributed by atoms with van der Waals surface area (Å²) >= 11 is 4.95. The molecular formula is C21H16BrN3O2S. The SMILES string of the molecule is Cc1nc(COc2ccc(/C=C(/C#N)C(=O)Nc3ccccc3Br)cc2)cs1. The van der Waals surface area contributed by atoms with Crippen LogP contribution in [0.4, 0.5) is 5.69 Å². The molecule has 0 bridgehead atoms. The molecule has 2 aromatic carbocycles. The van der Waals surface area contributed by atoms with Crippen LogP contribution in [-0.2, 0) is 11.4 Å². The van der Waals surface area contributed by atoms with Crippen LogP contribution in [0, 0.1) is 18.3 Å². The number of nitriles is 1. The maximum atomic E-state index is 12.4. The van der Waals surface area contributed by atoms with Gasteiger partial charge >= 0.3 is 0 Å². The molecule has 0 saturated carbocycles. The topological polar surface area (TPSA) is 75.0 Å². The summed E-state index contributed by atoms with van der Waals surface area (Å²) in [5.41, 5.74) is 2.25. The molecule has 0 aliphatic heterocycles. The number of anilines is 1. The fourth-order valence-corrected chi connectivity index (χ4v) is 3.34. The van der Waals surface area contributed by atoms with Gasteiger partial charge in [0.05, 0.1) is 16.4 Å². The fourth-order valence-electron chi connectivity index (χ4n) is 2.36. The Kier molecular flexibility index (Phi) is 6.58. The van der Waals surface area contributed by atoms with Crippen molar-refractivity contribution in [1.29, 1.82) is 5.26 Å². The van der Waals surface area contributed by atoms with Crippen molar-refractivity contribution in [2.24, 2.45) is 0 Å². The summed E-state index contributed by atoms with van der Waals surface area (Å²) in [6.45, 7) is 2.35. The zero-order chi connectivity index (χ0) is 19.9. The van der Waals surface area contributed by atoms with Crippen LogP contribution < -0.4 is 10.1 Å². The van der Waals surface area contributed by atoms with Gasteiger partial charge in [-0.05, 0) is 58.8 Å². The van der Waals surface area contributed by atoms with Gasteiger partial charge in [-0.15, -0.1) is 11.3 Å². The number of hydrogen-bond acceptors (Lipinski definition) is 5. The lowest BCUT2D eigenvalue weighted by molar-refractivity contribution is -0.112. The second kappa shape index (κ2) is 9.31. The first kappa shape index (κ1) is 19.8. The third kappa shape index (κ3) is 5.28. The summed E-state index contributed by atoms with van der Waals surface area (Å²) in [4.78, 5) is 16.7. The molecule has 0 atom stereocenters. The molecule has 0 radical (unpaired) electrons. The highest BCUT2D eigenvalue weighted by atomic mass is 79.9. The molecule has 1 N–H and O–H groups in total. The van der Waals surface area contributed by atoms with E-state index in [-0.39, 0.29) is 5.57 Å². The lowest BCUT2D eigenvalue weighted by Crippen LogP contribution is -2.13. The Morgan fingerprint density at radius 3 is 2.68 bits per heavy atom. The third-order valence-corrected chi connectivity index (χ3v) is 5.25. The predicted molar refractivity (Wildman–Crippen MR) is 114 cm³/mol. The number of thiazole rings is 1. The second-order valence-electron chi connectivity index (χ2n) is 5.82. The summed E-state index contributed by atoms with van der Waals surface area (Å²) in [6.07, 6.45) is 1.54. The van der Waals surface area contributed by atoms with Crippen molar-refractivity contribution in [1.82, 2.24) is 4.98 Å². The smallest absolute Gasteiger partial charge is 0.266 e. The number of carbonyl (C=O) groups excluding carboxylic acids is 1. The number of nitrogens with one attached hydrogen (secondary N) is 1. The number of hydrogen-bond donors (Lipinski definition) is 1. The number of nitrogens with zero attached hydrogens (tertiary/aromatic N) is 2. The van der Waals surface area contributed by atoms with E-state index in [2.05, 4.69) is 26.2 Å². The summed E-state index contributed by atoms with van der Waals surface area (Å²) in [5.74, 6) is 0.229. The molecule has 5 nitrogen and oxygen atoms in total. The largest absolute Gasteiger partial charge is 0.487 e. The van der Waals surface area contributed by atoms with Crippen molar-refractivity contribution in [2.45, 2.75) is 13.5 Å². The second-order valence-corrected chi connectivity index (χ2v) is 7.74. The minimum absolute atomic E-state index is 0.0161. The van der Waals surface area contributed by atoms with E-state index in [1.807, 2.05) is 36.6 Å². The quantitative estimate of drug-likeness (QED) is 0.403. The zero-order valence-corrected chi connectivity index (χ0v) is 17.4. The number of rotatable bonds is 6. The molecule has 1 aromatic heterocycles. The first-order valence-corrected chi connectivity index (χ1v) is 10.0. The van der Waals surface area contributed by atoms with Gasteiger partial charge in [0.1, 0.15) is 24.0 Å². The monoisotopic (exact) mass is 453 g/mol. The van der Waals surface area contributed by atoms with Gasteiger partial charge in [0.25, 0.3) is 5.91 Å². The Hall–Kier alpha value is -2.95. The van der Waals surface area contributed by atoms with Gasteiger partial charge in [-0.1, -0.05) is 24.3 Å². The molecule has 7 heteroatoms. The van der Waals surface area contributed by atoms with E-state index in [1.54, 1.807) is 47.7 Å². The van der Waals surface area contributed by atoms with E-state index >= 15 is 0 Å². The molecule has 0 aliphatic rings. The number of halogens is 1. The fraction of sp³-hybridized carbons (Fsp3) is 0.0952. The van der Waals surface area contributed by atoms with Gasteiger partial charge in [0.15, 0.2) is 0 Å². The molecule has 1 heterocycles. The Balaban J connectivity index is 1.66. The Bertz CT molecular complexity index is 1050. The molecule has 3 rings (SSSR count). The van der Waals surface area contributed by atoms with Crippen LogP contribution >= 0.6 is 27.3 Å². The lowest BCUT2D eigenvalue weighted by atomic mass is 10.1. The number of aryl methyl sites for hydroxylation is 1. The lowest BCUT2D eigenvalue weighted by Gasteiger charge is -2.07. The van der Waals surface area contributed by atoms with Gasteiger partial charge in [0.2, 0.25) is 0 Å². The molecule has 0 fully saturated rings. The van der Waals surface area contributed by atoms with E-state index in [4.69, 9.17) is 4.74 Å². The predicted octanol–water partition coefficient (Wildman–Crippen LogP) is 5.34. The molecule has 0 spiro atoms. The molecule has 140 valence electrons. The number of carbonyl (C=O) groups is 1. The average Bonchev–Trinajstić information content (AvgIpc) is 3.12. The molecular weight excluding hydrogens is 438 g/mol. The normalized spacial score (nSPS) is 11.0. The molecule has 0 aliphatic carbocycles. The average molecular weight is 454 g/mol. The minimum Gasteiger partial charge on any atom is -0.487 e. The number of aromatic nitrogens is 1. The van der Waals surface area contributed by atoms with Crippen LogP contribution in [0.2, 0.25) is 0 Å². The first-order valence-electron chi connectivity index (χ1n) is 8.36. The van der Waals surface area contributed by atoms with Crippen molar-refractivity contribution in [3.63, 3.8) is 0 Å². The van der Waals surface area contributed by atoms with Crippen LogP contribution in [0.3, 0.4) is 0 Å². The maximum absolute atomic E-state index is 12.4. The van der Waals surface area contributed by atoms with Gasteiger partial charge in [-0.25, -0.2) is 4.98 Å². The van der Waals surface area contributed by atoms with Crippen molar-refractivity contribution in [3.05, 3.63) is 80.2 Å². The maximum Gasteiger partial charge on any atom is 0.266 e. The number of benzene rings is 2. The summed E-state index contributed by atoms with van der Waals surface area (Å²) in [6, 6.07) is 16.4. The van der Waals surface area contributed by atoms with E-state index in [0.29, 0.717) is 18.0 Å². The molecule has 0 saturated heterocycles. The Morgan fingerprint density at radius 2 is 2.04 bits per heavy atom. The number of amides is 1. The van der Waals surface area contributed by atoms with Crippen LogP contribution in [-0.4, -0.2) is 10.9 Å². The van der Waals surface area contributed by atoms with E-state index in [1.165, 1.54) is 0 Å². The van der Waals surface area contributed by atoms with E-state index in [0.717, 1.165) is 20.7 Å². The number of para-hydroxylation sites is 1. The van der Waals surface area contributed by atoms with Crippen molar-refractivity contribution in [3.8, 4) is 11.8 Å². The number of ether oxygens (including phenoxy) is 1. The Morgan fingerprint density at radius 1 is 1.29 bits per heavy atom. The van der Waals surface area contributed by atoms with E-state index in [9.17, 15) is 10.1 Å². The highest BCUT2D eigenvalue weighted by Crippen LogP contribution is 2.22. The molecule has 28 heavy (non-hydrogen) atoms. The molecule has 3 aromatic rings. The van der Waals surface area contributed by atoms with E-state index < -0.39 is 5.91 Å². The Labute approximate surface area is 175 Å². The highest BCUT2D eigenvalue weighted by molar-refractivity contribution is 9.10. The van der Waals surface area contributed by atoms with Crippen molar-refractivity contribution < 1.29 is 9.53 Å². The molecule has 0 unspecified atom stereocenters. The van der Waals surface area contributed by atoms with Crippen LogP contribution in [0.1, 0.15) is 16.3 Å². The van der Waals surface area contributed by atoms with Crippen LogP contribution in [0.15, 0.2) is 64.0 Å². The zero-order valence-electron chi connectivity index (χ0n) is 15.0. The van der Waals surface area contributed by atoms with Crippen molar-refractivity contribution in [2.75, 3.05) is 5.32 Å². The highest BCUT2D eigenvalue weighted by Gasteiger charge is 2.11. The summed E-state index contributed by atoms with van der Waals surface area (Å²) in [7, 11) is 0. The van der Waals surface area contributed by atoms with Gasteiger partial charge in [-0.2, -0.15) is 5.26 Å². The van der Waals surface area contributed by atoms with Gasteiger partial charge in [0, 0.05) is 9.85 Å². The summed E-state index contributed by atoms with van der Waals surface area (Å²) < 4.78 is 6.45. The summed E-state index contributed by atoms with van der Waals surface area (Å²) in [5, 5.41) is 15.0. The van der Waals surface area contributed by atoms with Gasteiger partial charge < -0.3 is 10.1 Å².